The Hall–Kier alpha value is -4.05. The van der Waals surface area contributed by atoms with Gasteiger partial charge < -0.3 is 14.8 Å². The summed E-state index contributed by atoms with van der Waals surface area (Å²) in [6.45, 7) is 1.72. The second-order valence-electron chi connectivity index (χ2n) is 7.99. The van der Waals surface area contributed by atoms with Gasteiger partial charge in [-0.05, 0) is 65.9 Å². The van der Waals surface area contributed by atoms with Crippen LogP contribution in [0.5, 0.6) is 11.5 Å². The van der Waals surface area contributed by atoms with Crippen molar-refractivity contribution in [3.05, 3.63) is 120 Å². The highest BCUT2D eigenvalue weighted by Gasteiger charge is 2.05. The summed E-state index contributed by atoms with van der Waals surface area (Å²) in [5, 5.41) is 2.95. The summed E-state index contributed by atoms with van der Waals surface area (Å²) in [4.78, 5) is 12.2. The molecule has 0 aliphatic rings. The number of ether oxygens (including phenoxy) is 2. The van der Waals surface area contributed by atoms with Gasteiger partial charge in [0.2, 0.25) is 0 Å². The highest BCUT2D eigenvalue weighted by Crippen LogP contribution is 2.23. The molecule has 0 fully saturated rings. The van der Waals surface area contributed by atoms with E-state index in [1.807, 2.05) is 72.8 Å². The summed E-state index contributed by atoms with van der Waals surface area (Å²) in [7, 11) is 0. The van der Waals surface area contributed by atoms with Crippen molar-refractivity contribution in [1.29, 1.82) is 0 Å². The molecule has 0 bridgehead atoms. The maximum atomic E-state index is 12.2. The number of benzene rings is 4. The summed E-state index contributed by atoms with van der Waals surface area (Å²) in [6.07, 6.45) is 1.80. The molecule has 0 aliphatic heterocycles. The van der Waals surface area contributed by atoms with Crippen LogP contribution < -0.4 is 14.8 Å². The average molecular weight is 452 g/mol. The predicted octanol–water partition coefficient (Wildman–Crippen LogP) is 6.52. The maximum absolute atomic E-state index is 12.2. The molecule has 4 aromatic rings. The Morgan fingerprint density at radius 2 is 1.21 bits per heavy atom. The van der Waals surface area contributed by atoms with Gasteiger partial charge in [0.15, 0.2) is 0 Å². The Morgan fingerprint density at radius 3 is 1.91 bits per heavy atom. The zero-order chi connectivity index (χ0) is 23.4. The summed E-state index contributed by atoms with van der Waals surface area (Å²) in [5.41, 5.74) is 4.00. The Labute approximate surface area is 201 Å². The van der Waals surface area contributed by atoms with Gasteiger partial charge in [0.05, 0.1) is 13.2 Å². The lowest BCUT2D eigenvalue weighted by atomic mass is 10.1. The van der Waals surface area contributed by atoms with Crippen LogP contribution in [0, 0.1) is 0 Å². The van der Waals surface area contributed by atoms with Crippen LogP contribution in [-0.4, -0.2) is 19.1 Å². The first-order valence-electron chi connectivity index (χ1n) is 11.6. The van der Waals surface area contributed by atoms with Crippen molar-refractivity contribution in [2.24, 2.45) is 0 Å². The second-order valence-corrected chi connectivity index (χ2v) is 7.99. The van der Waals surface area contributed by atoms with Crippen molar-refractivity contribution >= 4 is 5.91 Å². The quantitative estimate of drug-likeness (QED) is 0.264. The topological polar surface area (TPSA) is 47.6 Å². The number of rotatable bonds is 11. The van der Waals surface area contributed by atoms with Gasteiger partial charge in [-0.15, -0.1) is 0 Å². The molecule has 0 saturated heterocycles. The SMILES string of the molecule is O=C(NCc1cccc(OCCCCOc2cccc(-c3ccccc3)c2)c1)c1ccccc1. The molecule has 4 nitrogen and oxygen atoms in total. The van der Waals surface area contributed by atoms with E-state index in [9.17, 15) is 4.79 Å². The summed E-state index contributed by atoms with van der Waals surface area (Å²) < 4.78 is 11.8. The minimum absolute atomic E-state index is 0.0822. The molecule has 1 N–H and O–H groups in total. The van der Waals surface area contributed by atoms with Gasteiger partial charge in [-0.3, -0.25) is 4.79 Å². The van der Waals surface area contributed by atoms with Crippen LogP contribution >= 0.6 is 0 Å². The number of carbonyl (C=O) groups is 1. The maximum Gasteiger partial charge on any atom is 0.251 e. The summed E-state index contributed by atoms with van der Waals surface area (Å²) in [6, 6.07) is 35.5. The fourth-order valence-corrected chi connectivity index (χ4v) is 3.60. The molecule has 0 saturated carbocycles. The lowest BCUT2D eigenvalue weighted by Crippen LogP contribution is -2.22. The van der Waals surface area contributed by atoms with E-state index >= 15 is 0 Å². The van der Waals surface area contributed by atoms with Crippen molar-refractivity contribution in [3.63, 3.8) is 0 Å². The zero-order valence-electron chi connectivity index (χ0n) is 19.2. The van der Waals surface area contributed by atoms with E-state index in [0.29, 0.717) is 25.3 Å². The van der Waals surface area contributed by atoms with Crippen molar-refractivity contribution in [2.75, 3.05) is 13.2 Å². The molecule has 4 heteroatoms. The number of nitrogens with one attached hydrogen (secondary N) is 1. The van der Waals surface area contributed by atoms with Gasteiger partial charge >= 0.3 is 0 Å². The predicted molar refractivity (Wildman–Crippen MR) is 136 cm³/mol. The molecular weight excluding hydrogens is 422 g/mol. The van der Waals surface area contributed by atoms with Crippen LogP contribution in [0.1, 0.15) is 28.8 Å². The van der Waals surface area contributed by atoms with Gasteiger partial charge in [0, 0.05) is 12.1 Å². The van der Waals surface area contributed by atoms with Crippen molar-refractivity contribution in [1.82, 2.24) is 5.32 Å². The van der Waals surface area contributed by atoms with Crippen LogP contribution in [0.15, 0.2) is 109 Å². The lowest BCUT2D eigenvalue weighted by Gasteiger charge is -2.10. The van der Waals surface area contributed by atoms with Gasteiger partial charge in [-0.2, -0.15) is 0 Å². The Bertz CT molecular complexity index is 1180. The molecule has 0 aromatic heterocycles. The summed E-state index contributed by atoms with van der Waals surface area (Å²) >= 11 is 0. The van der Waals surface area contributed by atoms with Gasteiger partial charge in [0.25, 0.3) is 5.91 Å². The molecule has 1 amide bonds. The zero-order valence-corrected chi connectivity index (χ0v) is 19.2. The van der Waals surface area contributed by atoms with E-state index in [2.05, 4.69) is 29.6 Å². The Kier molecular flexibility index (Phi) is 8.34. The van der Waals surface area contributed by atoms with E-state index in [0.717, 1.165) is 35.5 Å². The fourth-order valence-electron chi connectivity index (χ4n) is 3.60. The molecule has 0 aliphatic carbocycles. The summed E-state index contributed by atoms with van der Waals surface area (Å²) in [5.74, 6) is 1.61. The second kappa shape index (κ2) is 12.3. The highest BCUT2D eigenvalue weighted by atomic mass is 16.5. The highest BCUT2D eigenvalue weighted by molar-refractivity contribution is 5.94. The lowest BCUT2D eigenvalue weighted by molar-refractivity contribution is 0.0951. The molecule has 0 spiro atoms. The third kappa shape index (κ3) is 6.97. The molecule has 34 heavy (non-hydrogen) atoms. The minimum atomic E-state index is -0.0822. The number of hydrogen-bond acceptors (Lipinski definition) is 3. The van der Waals surface area contributed by atoms with E-state index in [1.54, 1.807) is 12.1 Å². The van der Waals surface area contributed by atoms with E-state index in [1.165, 1.54) is 5.56 Å². The van der Waals surface area contributed by atoms with Crippen LogP contribution in [-0.2, 0) is 6.54 Å². The van der Waals surface area contributed by atoms with Crippen LogP contribution in [0.25, 0.3) is 11.1 Å². The average Bonchev–Trinajstić information content (AvgIpc) is 2.91. The first-order chi connectivity index (χ1) is 16.8. The van der Waals surface area contributed by atoms with Crippen LogP contribution in [0.2, 0.25) is 0 Å². The monoisotopic (exact) mass is 451 g/mol. The third-order valence-electron chi connectivity index (χ3n) is 5.40. The molecule has 0 unspecified atom stereocenters. The van der Waals surface area contributed by atoms with E-state index < -0.39 is 0 Å². The van der Waals surface area contributed by atoms with Gasteiger partial charge in [-0.1, -0.05) is 72.8 Å². The number of hydrogen-bond donors (Lipinski definition) is 1. The molecule has 0 atom stereocenters. The molecule has 4 aromatic carbocycles. The third-order valence-corrected chi connectivity index (χ3v) is 5.40. The number of carbonyl (C=O) groups excluding carboxylic acids is 1. The van der Waals surface area contributed by atoms with Gasteiger partial charge in [-0.25, -0.2) is 0 Å². The van der Waals surface area contributed by atoms with Crippen molar-refractivity contribution in [3.8, 4) is 22.6 Å². The smallest absolute Gasteiger partial charge is 0.251 e. The van der Waals surface area contributed by atoms with Gasteiger partial charge in [0.1, 0.15) is 11.5 Å². The minimum Gasteiger partial charge on any atom is -0.494 e. The normalized spacial score (nSPS) is 10.5. The molecule has 4 rings (SSSR count). The Balaban J connectivity index is 1.16. The molecule has 0 radical (unpaired) electrons. The molecule has 0 heterocycles. The fraction of sp³-hybridized carbons (Fsp3) is 0.167. The standard InChI is InChI=1S/C30H29NO3/c32-30(26-14-5-2-6-15-26)31-23-24-11-9-17-28(21-24)33-19-7-8-20-34-29-18-10-16-27(22-29)25-12-3-1-4-13-25/h1-6,9-18,21-22H,7-8,19-20,23H2,(H,31,32). The number of unbranched alkanes of at least 4 members (excludes halogenated alkanes) is 1. The van der Waals surface area contributed by atoms with Crippen LogP contribution in [0.4, 0.5) is 0 Å². The Morgan fingerprint density at radius 1 is 0.618 bits per heavy atom. The largest absolute Gasteiger partial charge is 0.494 e. The van der Waals surface area contributed by atoms with E-state index in [4.69, 9.17) is 9.47 Å². The molecule has 172 valence electrons. The van der Waals surface area contributed by atoms with Crippen molar-refractivity contribution in [2.45, 2.75) is 19.4 Å². The van der Waals surface area contributed by atoms with Crippen LogP contribution in [0.3, 0.4) is 0 Å². The van der Waals surface area contributed by atoms with E-state index in [-0.39, 0.29) is 5.91 Å². The molecular formula is C30H29NO3. The first kappa shape index (κ1) is 23.1. The number of amides is 1. The van der Waals surface area contributed by atoms with Crippen molar-refractivity contribution < 1.29 is 14.3 Å². The first-order valence-corrected chi connectivity index (χ1v) is 11.6.